The van der Waals surface area contributed by atoms with Crippen LogP contribution in [0.4, 0.5) is 0 Å². The van der Waals surface area contributed by atoms with Crippen LogP contribution in [-0.2, 0) is 0 Å². The van der Waals surface area contributed by atoms with E-state index in [2.05, 4.69) is 5.16 Å². The van der Waals surface area contributed by atoms with Crippen molar-refractivity contribution in [2.75, 3.05) is 13.1 Å². The molecule has 0 spiro atoms. The molecule has 0 unspecified atom stereocenters. The fourth-order valence-electron chi connectivity index (χ4n) is 1.48. The smallest absolute Gasteiger partial charge is 0.253 e. The summed E-state index contributed by atoms with van der Waals surface area (Å²) in [6.45, 7) is 2.84. The summed E-state index contributed by atoms with van der Waals surface area (Å²) < 4.78 is 0. The molecule has 0 radical (unpaired) electrons. The van der Waals surface area contributed by atoms with Gasteiger partial charge in [0.05, 0.1) is 0 Å². The maximum absolute atomic E-state index is 12.1. The Labute approximate surface area is 111 Å². The molecule has 6 heteroatoms. The Hall–Kier alpha value is -1.75. The van der Waals surface area contributed by atoms with Gasteiger partial charge in [0.2, 0.25) is 0 Å². The van der Waals surface area contributed by atoms with Crippen molar-refractivity contribution in [2.24, 2.45) is 10.9 Å². The SMILES string of the molecule is CCN(CC/C(N)=N/O)C(=O)c1ccc(Cl)cc1. The molecule has 3 N–H and O–H groups in total. The predicted molar refractivity (Wildman–Crippen MR) is 71.1 cm³/mol. The summed E-state index contributed by atoms with van der Waals surface area (Å²) in [7, 11) is 0. The third kappa shape index (κ3) is 3.92. The summed E-state index contributed by atoms with van der Waals surface area (Å²) in [4.78, 5) is 13.8. The lowest BCUT2D eigenvalue weighted by atomic mass is 10.2. The highest BCUT2D eigenvalue weighted by Gasteiger charge is 2.14. The van der Waals surface area contributed by atoms with E-state index in [1.165, 1.54) is 0 Å². The minimum atomic E-state index is -0.0973. The molecule has 1 rings (SSSR count). The van der Waals surface area contributed by atoms with Gasteiger partial charge in [0.1, 0.15) is 5.84 Å². The van der Waals surface area contributed by atoms with Gasteiger partial charge in [-0.25, -0.2) is 0 Å². The Kier molecular flexibility index (Phi) is 5.45. The first kappa shape index (κ1) is 14.3. The molecule has 0 aliphatic rings. The summed E-state index contributed by atoms with van der Waals surface area (Å²) in [6, 6.07) is 6.70. The highest BCUT2D eigenvalue weighted by molar-refractivity contribution is 6.30. The van der Waals surface area contributed by atoms with E-state index in [4.69, 9.17) is 22.5 Å². The van der Waals surface area contributed by atoms with Crippen LogP contribution >= 0.6 is 11.6 Å². The lowest BCUT2D eigenvalue weighted by molar-refractivity contribution is 0.0768. The van der Waals surface area contributed by atoms with Crippen LogP contribution < -0.4 is 5.73 Å². The molecule has 5 nitrogen and oxygen atoms in total. The topological polar surface area (TPSA) is 78.9 Å². The molecule has 0 fully saturated rings. The molecule has 0 atom stereocenters. The van der Waals surface area contributed by atoms with Crippen LogP contribution in [0.5, 0.6) is 0 Å². The number of amidine groups is 1. The number of benzene rings is 1. The van der Waals surface area contributed by atoms with Crippen molar-refractivity contribution < 1.29 is 10.0 Å². The van der Waals surface area contributed by atoms with Crippen molar-refractivity contribution in [3.8, 4) is 0 Å². The normalized spacial score (nSPS) is 11.3. The third-order valence-electron chi connectivity index (χ3n) is 2.53. The first-order chi connectivity index (χ1) is 8.58. The molecule has 0 aliphatic carbocycles. The van der Waals surface area contributed by atoms with Crippen LogP contribution in [0, 0.1) is 0 Å². The van der Waals surface area contributed by atoms with Gasteiger partial charge in [0.15, 0.2) is 0 Å². The lowest BCUT2D eigenvalue weighted by Crippen LogP contribution is -2.33. The van der Waals surface area contributed by atoms with E-state index >= 15 is 0 Å². The van der Waals surface area contributed by atoms with E-state index in [9.17, 15) is 4.79 Å². The van der Waals surface area contributed by atoms with Crippen LogP contribution in [-0.4, -0.2) is 34.9 Å². The quantitative estimate of drug-likeness (QED) is 0.371. The van der Waals surface area contributed by atoms with Gasteiger partial charge in [-0.3, -0.25) is 4.79 Å². The standard InChI is InChI=1S/C12H16ClN3O2/c1-2-16(8-7-11(14)15-18)12(17)9-3-5-10(13)6-4-9/h3-6,18H,2,7-8H2,1H3,(H2,14,15). The summed E-state index contributed by atoms with van der Waals surface area (Å²) in [5, 5.41) is 11.9. The summed E-state index contributed by atoms with van der Waals surface area (Å²) in [6.07, 6.45) is 0.337. The van der Waals surface area contributed by atoms with Crippen molar-refractivity contribution in [3.63, 3.8) is 0 Å². The van der Waals surface area contributed by atoms with Crippen LogP contribution in [0.15, 0.2) is 29.4 Å². The second-order valence-electron chi connectivity index (χ2n) is 3.73. The Morgan fingerprint density at radius 3 is 2.56 bits per heavy atom. The fraction of sp³-hybridized carbons (Fsp3) is 0.333. The number of nitrogens with two attached hydrogens (primary N) is 1. The number of hydrogen-bond donors (Lipinski definition) is 2. The second-order valence-corrected chi connectivity index (χ2v) is 4.17. The Morgan fingerprint density at radius 1 is 1.44 bits per heavy atom. The average Bonchev–Trinajstić information content (AvgIpc) is 2.39. The number of halogens is 1. The molecule has 0 saturated carbocycles. The minimum Gasteiger partial charge on any atom is -0.409 e. The van der Waals surface area contributed by atoms with Crippen molar-refractivity contribution in [2.45, 2.75) is 13.3 Å². The van der Waals surface area contributed by atoms with Gasteiger partial charge in [-0.1, -0.05) is 16.8 Å². The predicted octanol–water partition coefficient (Wildman–Crippen LogP) is 1.94. The molecule has 0 saturated heterocycles. The number of carbonyl (C=O) groups excluding carboxylic acids is 1. The van der Waals surface area contributed by atoms with Gasteiger partial charge in [0.25, 0.3) is 5.91 Å². The molecule has 0 aliphatic heterocycles. The van der Waals surface area contributed by atoms with Gasteiger partial charge >= 0.3 is 0 Å². The minimum absolute atomic E-state index is 0.0973. The number of rotatable bonds is 5. The van der Waals surface area contributed by atoms with Crippen LogP contribution in [0.1, 0.15) is 23.7 Å². The van der Waals surface area contributed by atoms with Gasteiger partial charge in [-0.2, -0.15) is 0 Å². The molecular formula is C12H16ClN3O2. The van der Waals surface area contributed by atoms with E-state index in [0.29, 0.717) is 30.1 Å². The molecule has 1 aromatic rings. The van der Waals surface area contributed by atoms with Gasteiger partial charge < -0.3 is 15.8 Å². The zero-order chi connectivity index (χ0) is 13.5. The molecule has 0 bridgehead atoms. The highest BCUT2D eigenvalue weighted by Crippen LogP contribution is 2.11. The Morgan fingerprint density at radius 2 is 2.06 bits per heavy atom. The third-order valence-corrected chi connectivity index (χ3v) is 2.78. The maximum Gasteiger partial charge on any atom is 0.253 e. The summed E-state index contributed by atoms with van der Waals surface area (Å²) in [5.41, 5.74) is 5.95. The molecule has 0 heterocycles. The molecule has 1 amide bonds. The monoisotopic (exact) mass is 269 g/mol. The van der Waals surface area contributed by atoms with Crippen molar-refractivity contribution >= 4 is 23.3 Å². The van der Waals surface area contributed by atoms with E-state index < -0.39 is 0 Å². The van der Waals surface area contributed by atoms with Gasteiger partial charge in [0, 0.05) is 30.1 Å². The van der Waals surface area contributed by atoms with Gasteiger partial charge in [-0.15, -0.1) is 0 Å². The summed E-state index contributed by atoms with van der Waals surface area (Å²) in [5.74, 6) is 0.0114. The van der Waals surface area contributed by atoms with Crippen LogP contribution in [0.3, 0.4) is 0 Å². The summed E-state index contributed by atoms with van der Waals surface area (Å²) >= 11 is 5.77. The Bertz CT molecular complexity index is 431. The number of carbonyl (C=O) groups is 1. The zero-order valence-electron chi connectivity index (χ0n) is 10.1. The molecule has 1 aromatic carbocycles. The second kappa shape index (κ2) is 6.86. The van der Waals surface area contributed by atoms with Crippen molar-refractivity contribution in [1.82, 2.24) is 4.90 Å². The van der Waals surface area contributed by atoms with E-state index in [1.807, 2.05) is 6.92 Å². The molecule has 98 valence electrons. The van der Waals surface area contributed by atoms with Crippen molar-refractivity contribution in [3.05, 3.63) is 34.9 Å². The number of hydrogen-bond acceptors (Lipinski definition) is 3. The largest absolute Gasteiger partial charge is 0.409 e. The Balaban J connectivity index is 2.70. The first-order valence-electron chi connectivity index (χ1n) is 5.59. The average molecular weight is 270 g/mol. The first-order valence-corrected chi connectivity index (χ1v) is 5.97. The van der Waals surface area contributed by atoms with Crippen LogP contribution in [0.2, 0.25) is 5.02 Å². The van der Waals surface area contributed by atoms with E-state index in [0.717, 1.165) is 0 Å². The van der Waals surface area contributed by atoms with Gasteiger partial charge in [-0.05, 0) is 31.2 Å². The number of oxime groups is 1. The fourth-order valence-corrected chi connectivity index (χ4v) is 1.60. The highest BCUT2D eigenvalue weighted by atomic mass is 35.5. The number of amides is 1. The zero-order valence-corrected chi connectivity index (χ0v) is 10.9. The maximum atomic E-state index is 12.1. The van der Waals surface area contributed by atoms with E-state index in [-0.39, 0.29) is 11.7 Å². The van der Waals surface area contributed by atoms with E-state index in [1.54, 1.807) is 29.2 Å². The number of nitrogens with zero attached hydrogens (tertiary/aromatic N) is 2. The molecule has 18 heavy (non-hydrogen) atoms. The van der Waals surface area contributed by atoms with Crippen LogP contribution in [0.25, 0.3) is 0 Å². The molecular weight excluding hydrogens is 254 g/mol. The lowest BCUT2D eigenvalue weighted by Gasteiger charge is -2.20. The van der Waals surface area contributed by atoms with Crippen molar-refractivity contribution in [1.29, 1.82) is 0 Å². The molecule has 0 aromatic heterocycles.